The second-order valence-electron chi connectivity index (χ2n) is 5.71. The number of carbonyl (C=O) groups is 1. The molecule has 0 atom stereocenters. The molecule has 0 spiro atoms. The molecular weight excluding hydrogens is 200 g/mol. The zero-order chi connectivity index (χ0) is 12.0. The highest BCUT2D eigenvalue weighted by molar-refractivity contribution is 5.84. The first-order valence-corrected chi connectivity index (χ1v) is 5.71. The van der Waals surface area contributed by atoms with Gasteiger partial charge in [-0.05, 0) is 29.4 Å². The van der Waals surface area contributed by atoms with Crippen molar-refractivity contribution in [3.63, 3.8) is 0 Å². The highest BCUT2D eigenvalue weighted by Crippen LogP contribution is 2.48. The average molecular weight is 218 g/mol. The third-order valence-corrected chi connectivity index (χ3v) is 3.46. The van der Waals surface area contributed by atoms with Crippen LogP contribution in [0.2, 0.25) is 0 Å². The first-order chi connectivity index (χ1) is 7.36. The minimum Gasteiger partial charge on any atom is -0.481 e. The van der Waals surface area contributed by atoms with Gasteiger partial charge in [-0.3, -0.25) is 4.79 Å². The van der Waals surface area contributed by atoms with Crippen molar-refractivity contribution in [1.82, 2.24) is 0 Å². The van der Waals surface area contributed by atoms with Crippen LogP contribution in [0.15, 0.2) is 24.3 Å². The molecule has 2 nitrogen and oxygen atoms in total. The Balaban J connectivity index is 2.31. The minimum absolute atomic E-state index is 0.123. The SMILES string of the molecule is CC(C)(C)c1ccc(C2(C(=O)O)CC2)cc1. The normalized spacial score (nSPS) is 18.2. The summed E-state index contributed by atoms with van der Waals surface area (Å²) in [4.78, 5) is 11.2. The fourth-order valence-corrected chi connectivity index (χ4v) is 2.04. The molecule has 0 radical (unpaired) electrons. The van der Waals surface area contributed by atoms with Gasteiger partial charge in [-0.1, -0.05) is 45.0 Å². The van der Waals surface area contributed by atoms with Gasteiger partial charge in [0.2, 0.25) is 0 Å². The van der Waals surface area contributed by atoms with Crippen LogP contribution < -0.4 is 0 Å². The monoisotopic (exact) mass is 218 g/mol. The highest BCUT2D eigenvalue weighted by atomic mass is 16.4. The van der Waals surface area contributed by atoms with E-state index in [2.05, 4.69) is 32.9 Å². The quantitative estimate of drug-likeness (QED) is 0.828. The molecule has 16 heavy (non-hydrogen) atoms. The van der Waals surface area contributed by atoms with Gasteiger partial charge < -0.3 is 5.11 Å². The topological polar surface area (TPSA) is 37.3 Å². The maximum atomic E-state index is 11.2. The van der Waals surface area contributed by atoms with Crippen molar-refractivity contribution in [3.8, 4) is 0 Å². The summed E-state index contributed by atoms with van der Waals surface area (Å²) in [7, 11) is 0. The number of aliphatic carboxylic acids is 1. The molecule has 2 heteroatoms. The van der Waals surface area contributed by atoms with Gasteiger partial charge >= 0.3 is 5.97 Å². The fraction of sp³-hybridized carbons (Fsp3) is 0.500. The molecule has 0 saturated heterocycles. The van der Waals surface area contributed by atoms with Crippen LogP contribution in [-0.4, -0.2) is 11.1 Å². The average Bonchev–Trinajstić information content (AvgIpc) is 2.97. The fourth-order valence-electron chi connectivity index (χ4n) is 2.04. The van der Waals surface area contributed by atoms with Crippen LogP contribution in [0, 0.1) is 0 Å². The lowest BCUT2D eigenvalue weighted by molar-refractivity contribution is -0.140. The van der Waals surface area contributed by atoms with Gasteiger partial charge in [0.05, 0.1) is 5.41 Å². The maximum Gasteiger partial charge on any atom is 0.314 e. The largest absolute Gasteiger partial charge is 0.481 e. The molecule has 86 valence electrons. The van der Waals surface area contributed by atoms with Crippen molar-refractivity contribution in [3.05, 3.63) is 35.4 Å². The van der Waals surface area contributed by atoms with Gasteiger partial charge in [0, 0.05) is 0 Å². The lowest BCUT2D eigenvalue weighted by Crippen LogP contribution is -2.20. The van der Waals surface area contributed by atoms with Crippen LogP contribution in [0.3, 0.4) is 0 Å². The van der Waals surface area contributed by atoms with E-state index < -0.39 is 11.4 Å². The van der Waals surface area contributed by atoms with Crippen LogP contribution in [-0.2, 0) is 15.6 Å². The van der Waals surface area contributed by atoms with Gasteiger partial charge in [0.1, 0.15) is 0 Å². The molecular formula is C14H18O2. The van der Waals surface area contributed by atoms with Crippen LogP contribution in [0.4, 0.5) is 0 Å². The molecule has 1 aromatic rings. The Morgan fingerprint density at radius 3 is 2.00 bits per heavy atom. The van der Waals surface area contributed by atoms with Crippen molar-refractivity contribution >= 4 is 5.97 Å². The van der Waals surface area contributed by atoms with Crippen molar-refractivity contribution < 1.29 is 9.90 Å². The summed E-state index contributed by atoms with van der Waals surface area (Å²) in [5, 5.41) is 9.19. The second-order valence-corrected chi connectivity index (χ2v) is 5.71. The molecule has 1 aliphatic carbocycles. The first kappa shape index (κ1) is 11.2. The van der Waals surface area contributed by atoms with Crippen LogP contribution >= 0.6 is 0 Å². The Labute approximate surface area is 96.3 Å². The van der Waals surface area contributed by atoms with E-state index >= 15 is 0 Å². The standard InChI is InChI=1S/C14H18O2/c1-13(2,3)10-4-6-11(7-5-10)14(8-9-14)12(15)16/h4-7H,8-9H2,1-3H3,(H,15,16). The van der Waals surface area contributed by atoms with Crippen molar-refractivity contribution in [1.29, 1.82) is 0 Å². The Kier molecular flexibility index (Phi) is 2.33. The summed E-state index contributed by atoms with van der Waals surface area (Å²) in [6.45, 7) is 6.48. The molecule has 1 N–H and O–H groups in total. The third kappa shape index (κ3) is 1.73. The molecule has 0 aliphatic heterocycles. The molecule has 0 amide bonds. The predicted molar refractivity (Wildman–Crippen MR) is 63.7 cm³/mol. The van der Waals surface area contributed by atoms with Crippen molar-refractivity contribution in [2.45, 2.75) is 44.4 Å². The molecule has 0 bridgehead atoms. The summed E-state index contributed by atoms with van der Waals surface area (Å²) in [5.41, 5.74) is 1.75. The van der Waals surface area contributed by atoms with E-state index in [1.54, 1.807) is 0 Å². The first-order valence-electron chi connectivity index (χ1n) is 5.71. The van der Waals surface area contributed by atoms with Crippen molar-refractivity contribution in [2.75, 3.05) is 0 Å². The van der Waals surface area contributed by atoms with Gasteiger partial charge in [0.15, 0.2) is 0 Å². The highest BCUT2D eigenvalue weighted by Gasteiger charge is 2.51. The molecule has 1 saturated carbocycles. The number of rotatable bonds is 2. The molecule has 0 heterocycles. The Morgan fingerprint density at radius 2 is 1.69 bits per heavy atom. The summed E-state index contributed by atoms with van der Waals surface area (Å²) in [6.07, 6.45) is 1.55. The van der Waals surface area contributed by atoms with Crippen LogP contribution in [0.25, 0.3) is 0 Å². The van der Waals surface area contributed by atoms with E-state index in [0.717, 1.165) is 18.4 Å². The maximum absolute atomic E-state index is 11.2. The molecule has 0 unspecified atom stereocenters. The molecule has 0 aromatic heterocycles. The Morgan fingerprint density at radius 1 is 1.19 bits per heavy atom. The molecule has 1 aliphatic rings. The lowest BCUT2D eigenvalue weighted by atomic mass is 9.85. The van der Waals surface area contributed by atoms with Gasteiger partial charge in [0.25, 0.3) is 0 Å². The van der Waals surface area contributed by atoms with Crippen LogP contribution in [0.5, 0.6) is 0 Å². The number of carboxylic acids is 1. The Bertz CT molecular complexity index is 405. The van der Waals surface area contributed by atoms with E-state index in [0.29, 0.717) is 0 Å². The van der Waals surface area contributed by atoms with Gasteiger partial charge in [-0.15, -0.1) is 0 Å². The number of benzene rings is 1. The molecule has 1 fully saturated rings. The smallest absolute Gasteiger partial charge is 0.314 e. The minimum atomic E-state index is -0.684. The zero-order valence-electron chi connectivity index (χ0n) is 10.1. The Hall–Kier alpha value is -1.31. The number of hydrogen-bond acceptors (Lipinski definition) is 1. The number of carboxylic acid groups (broad SMARTS) is 1. The van der Waals surface area contributed by atoms with Crippen LogP contribution in [0.1, 0.15) is 44.7 Å². The van der Waals surface area contributed by atoms with E-state index in [4.69, 9.17) is 0 Å². The van der Waals surface area contributed by atoms with E-state index in [1.807, 2.05) is 12.1 Å². The predicted octanol–water partition coefficient (Wildman–Crippen LogP) is 3.10. The second kappa shape index (κ2) is 3.34. The summed E-state index contributed by atoms with van der Waals surface area (Å²) >= 11 is 0. The lowest BCUT2D eigenvalue weighted by Gasteiger charge is -2.20. The third-order valence-electron chi connectivity index (χ3n) is 3.46. The molecule has 2 rings (SSSR count). The van der Waals surface area contributed by atoms with E-state index in [1.165, 1.54) is 5.56 Å². The summed E-state index contributed by atoms with van der Waals surface area (Å²) < 4.78 is 0. The van der Waals surface area contributed by atoms with E-state index in [9.17, 15) is 9.90 Å². The van der Waals surface area contributed by atoms with Gasteiger partial charge in [-0.25, -0.2) is 0 Å². The summed E-state index contributed by atoms with van der Waals surface area (Å²) in [5.74, 6) is -0.684. The number of hydrogen-bond donors (Lipinski definition) is 1. The summed E-state index contributed by atoms with van der Waals surface area (Å²) in [6, 6.07) is 8.06. The van der Waals surface area contributed by atoms with Crippen molar-refractivity contribution in [2.24, 2.45) is 0 Å². The van der Waals surface area contributed by atoms with E-state index in [-0.39, 0.29) is 5.41 Å². The zero-order valence-corrected chi connectivity index (χ0v) is 10.1. The molecule has 1 aromatic carbocycles. The van der Waals surface area contributed by atoms with Gasteiger partial charge in [-0.2, -0.15) is 0 Å².